The third-order valence-electron chi connectivity index (χ3n) is 2.46. The number of carbonyl (C=O) groups excluding carboxylic acids is 2. The molecule has 0 aliphatic heterocycles. The fourth-order valence-electron chi connectivity index (χ4n) is 1.51. The van der Waals surface area contributed by atoms with Crippen molar-refractivity contribution in [3.8, 4) is 0 Å². The van der Waals surface area contributed by atoms with Crippen LogP contribution in [0.4, 0.5) is 15.8 Å². The lowest BCUT2D eigenvalue weighted by Gasteiger charge is -2.08. The van der Waals surface area contributed by atoms with Gasteiger partial charge in [0.2, 0.25) is 5.91 Å². The maximum Gasteiger partial charge on any atom is 0.291 e. The summed E-state index contributed by atoms with van der Waals surface area (Å²) in [5.74, 6) is -1.73. The van der Waals surface area contributed by atoms with Crippen molar-refractivity contribution in [1.82, 2.24) is 0 Å². The Morgan fingerprint density at radius 2 is 2.00 bits per heavy atom. The first-order chi connectivity index (χ1) is 9.99. The van der Waals surface area contributed by atoms with Gasteiger partial charge in [0.05, 0.1) is 5.69 Å². The highest BCUT2D eigenvalue weighted by Crippen LogP contribution is 2.21. The summed E-state index contributed by atoms with van der Waals surface area (Å²) in [5, 5.41) is 4.87. The molecule has 0 saturated carbocycles. The first kappa shape index (κ1) is 14.8. The Morgan fingerprint density at radius 3 is 2.62 bits per heavy atom. The van der Waals surface area contributed by atoms with Gasteiger partial charge in [-0.05, 0) is 48.0 Å². The van der Waals surface area contributed by atoms with E-state index in [1.807, 2.05) is 0 Å². The van der Waals surface area contributed by atoms with E-state index in [1.165, 1.54) is 24.3 Å². The maximum absolute atomic E-state index is 13.5. The van der Waals surface area contributed by atoms with E-state index in [0.29, 0.717) is 0 Å². The standard InChI is InChI=1S/C14H10ClFN2O3/c1-2-13(19)18-10-7-8(3-4-9(10)16)17-14(20)11-5-6-12(15)21-11/h2-7H,1H2,(H,17,20)(H,18,19). The lowest BCUT2D eigenvalue weighted by Crippen LogP contribution is -2.13. The zero-order valence-electron chi connectivity index (χ0n) is 10.7. The second-order valence-electron chi connectivity index (χ2n) is 3.95. The smallest absolute Gasteiger partial charge is 0.291 e. The van der Waals surface area contributed by atoms with E-state index < -0.39 is 17.6 Å². The normalized spacial score (nSPS) is 10.0. The van der Waals surface area contributed by atoms with Gasteiger partial charge in [0.1, 0.15) is 5.82 Å². The second kappa shape index (κ2) is 6.23. The predicted molar refractivity (Wildman–Crippen MR) is 76.9 cm³/mol. The molecule has 7 heteroatoms. The highest BCUT2D eigenvalue weighted by molar-refractivity contribution is 6.29. The maximum atomic E-state index is 13.5. The fourth-order valence-corrected chi connectivity index (χ4v) is 1.66. The fraction of sp³-hybridized carbons (Fsp3) is 0. The van der Waals surface area contributed by atoms with E-state index in [-0.39, 0.29) is 22.4 Å². The first-order valence-electron chi connectivity index (χ1n) is 5.79. The van der Waals surface area contributed by atoms with Crippen LogP contribution in [0.15, 0.2) is 47.4 Å². The van der Waals surface area contributed by atoms with E-state index in [1.54, 1.807) is 0 Å². The Morgan fingerprint density at radius 1 is 1.24 bits per heavy atom. The zero-order valence-corrected chi connectivity index (χ0v) is 11.4. The van der Waals surface area contributed by atoms with Crippen molar-refractivity contribution in [2.75, 3.05) is 10.6 Å². The molecule has 0 atom stereocenters. The van der Waals surface area contributed by atoms with Crippen molar-refractivity contribution in [1.29, 1.82) is 0 Å². The zero-order chi connectivity index (χ0) is 15.4. The van der Waals surface area contributed by atoms with Gasteiger partial charge in [-0.3, -0.25) is 9.59 Å². The van der Waals surface area contributed by atoms with Gasteiger partial charge < -0.3 is 15.1 Å². The molecule has 21 heavy (non-hydrogen) atoms. The van der Waals surface area contributed by atoms with Crippen molar-refractivity contribution in [3.05, 3.63) is 59.8 Å². The summed E-state index contributed by atoms with van der Waals surface area (Å²) in [6.45, 7) is 3.27. The van der Waals surface area contributed by atoms with Crippen molar-refractivity contribution in [3.63, 3.8) is 0 Å². The van der Waals surface area contributed by atoms with Crippen LogP contribution in [0.25, 0.3) is 0 Å². The van der Waals surface area contributed by atoms with Gasteiger partial charge in [-0.25, -0.2) is 4.39 Å². The van der Waals surface area contributed by atoms with Crippen LogP contribution in [0.3, 0.4) is 0 Å². The largest absolute Gasteiger partial charge is 0.440 e. The number of furan rings is 1. The number of hydrogen-bond donors (Lipinski definition) is 2. The summed E-state index contributed by atoms with van der Waals surface area (Å²) in [6.07, 6.45) is 1.01. The number of halogens is 2. The molecule has 2 N–H and O–H groups in total. The monoisotopic (exact) mass is 308 g/mol. The Hall–Kier alpha value is -2.60. The Kier molecular flexibility index (Phi) is 4.39. The van der Waals surface area contributed by atoms with E-state index in [4.69, 9.17) is 16.0 Å². The van der Waals surface area contributed by atoms with E-state index in [9.17, 15) is 14.0 Å². The Balaban J connectivity index is 2.17. The van der Waals surface area contributed by atoms with Crippen LogP contribution in [0.5, 0.6) is 0 Å². The molecule has 0 aliphatic rings. The third kappa shape index (κ3) is 3.70. The molecule has 108 valence electrons. The summed E-state index contributed by atoms with van der Waals surface area (Å²) in [4.78, 5) is 23.0. The lowest BCUT2D eigenvalue weighted by atomic mass is 10.2. The van der Waals surface area contributed by atoms with Crippen molar-refractivity contribution >= 4 is 34.8 Å². The number of amides is 2. The van der Waals surface area contributed by atoms with Gasteiger partial charge in [0.15, 0.2) is 11.0 Å². The molecule has 0 spiro atoms. The van der Waals surface area contributed by atoms with Crippen molar-refractivity contribution in [2.24, 2.45) is 0 Å². The molecular formula is C14H10ClFN2O3. The molecule has 0 aliphatic carbocycles. The van der Waals surface area contributed by atoms with Crippen LogP contribution in [-0.2, 0) is 4.79 Å². The molecule has 0 unspecified atom stereocenters. The Labute approximate surface area is 124 Å². The Bertz CT molecular complexity index is 712. The summed E-state index contributed by atoms with van der Waals surface area (Å²) in [7, 11) is 0. The number of nitrogens with one attached hydrogen (secondary N) is 2. The number of anilines is 2. The number of benzene rings is 1. The van der Waals surface area contributed by atoms with E-state index in [0.717, 1.165) is 12.1 Å². The van der Waals surface area contributed by atoms with Gasteiger partial charge in [-0.2, -0.15) is 0 Å². The minimum Gasteiger partial charge on any atom is -0.440 e. The van der Waals surface area contributed by atoms with Gasteiger partial charge >= 0.3 is 0 Å². The minimum absolute atomic E-state index is 0.0148. The summed E-state index contributed by atoms with van der Waals surface area (Å²) >= 11 is 5.57. The lowest BCUT2D eigenvalue weighted by molar-refractivity contribution is -0.111. The molecule has 1 aromatic heterocycles. The molecule has 5 nitrogen and oxygen atoms in total. The molecular weight excluding hydrogens is 299 g/mol. The average Bonchev–Trinajstić information content (AvgIpc) is 2.89. The molecule has 0 bridgehead atoms. The van der Waals surface area contributed by atoms with Crippen molar-refractivity contribution in [2.45, 2.75) is 0 Å². The van der Waals surface area contributed by atoms with Crippen LogP contribution < -0.4 is 10.6 Å². The molecule has 1 heterocycles. The van der Waals surface area contributed by atoms with Gasteiger partial charge in [0.25, 0.3) is 5.91 Å². The molecule has 0 saturated heterocycles. The van der Waals surface area contributed by atoms with Gasteiger partial charge in [-0.15, -0.1) is 0 Å². The minimum atomic E-state index is -0.635. The van der Waals surface area contributed by atoms with Crippen LogP contribution in [0.1, 0.15) is 10.6 Å². The predicted octanol–water partition coefficient (Wildman–Crippen LogP) is 3.45. The summed E-state index contributed by atoms with van der Waals surface area (Å²) < 4.78 is 18.5. The summed E-state index contributed by atoms with van der Waals surface area (Å²) in [6, 6.07) is 6.57. The van der Waals surface area contributed by atoms with Crippen LogP contribution >= 0.6 is 11.6 Å². The summed E-state index contributed by atoms with van der Waals surface area (Å²) in [5.41, 5.74) is 0.212. The number of carbonyl (C=O) groups is 2. The molecule has 2 aromatic rings. The molecule has 2 amide bonds. The number of hydrogen-bond acceptors (Lipinski definition) is 3. The average molecular weight is 309 g/mol. The molecule has 2 rings (SSSR count). The molecule has 1 aromatic carbocycles. The number of rotatable bonds is 4. The highest BCUT2D eigenvalue weighted by atomic mass is 35.5. The van der Waals surface area contributed by atoms with Crippen LogP contribution in [0, 0.1) is 5.82 Å². The van der Waals surface area contributed by atoms with E-state index in [2.05, 4.69) is 17.2 Å². The molecule has 0 radical (unpaired) electrons. The van der Waals surface area contributed by atoms with E-state index >= 15 is 0 Å². The van der Waals surface area contributed by atoms with Gasteiger partial charge in [-0.1, -0.05) is 6.58 Å². The quantitative estimate of drug-likeness (QED) is 0.850. The topological polar surface area (TPSA) is 71.3 Å². The SMILES string of the molecule is C=CC(=O)Nc1cc(NC(=O)c2ccc(Cl)o2)ccc1F. The first-order valence-corrected chi connectivity index (χ1v) is 6.17. The van der Waals surface area contributed by atoms with Crippen LogP contribution in [-0.4, -0.2) is 11.8 Å². The van der Waals surface area contributed by atoms with Crippen molar-refractivity contribution < 1.29 is 18.4 Å². The second-order valence-corrected chi connectivity index (χ2v) is 4.32. The molecule has 0 fully saturated rings. The van der Waals surface area contributed by atoms with Gasteiger partial charge in [0, 0.05) is 5.69 Å². The third-order valence-corrected chi connectivity index (χ3v) is 2.67. The van der Waals surface area contributed by atoms with Crippen LogP contribution in [0.2, 0.25) is 5.22 Å². The highest BCUT2D eigenvalue weighted by Gasteiger charge is 2.12.